The van der Waals surface area contributed by atoms with Gasteiger partial charge in [0.2, 0.25) is 0 Å². The van der Waals surface area contributed by atoms with E-state index in [0.29, 0.717) is 6.61 Å². The molecule has 5 heteroatoms. The van der Waals surface area contributed by atoms with Crippen LogP contribution in [0.3, 0.4) is 0 Å². The first-order valence-corrected chi connectivity index (χ1v) is 11.7. The summed E-state index contributed by atoms with van der Waals surface area (Å²) in [4.78, 5) is 14.6. The average Bonchev–Trinajstić information content (AvgIpc) is 3.35. The van der Waals surface area contributed by atoms with Gasteiger partial charge in [-0.15, -0.1) is 11.3 Å². The first-order chi connectivity index (χ1) is 16.6. The third-order valence-electron chi connectivity index (χ3n) is 5.31. The number of benzene rings is 3. The molecule has 3 aromatic carbocycles. The summed E-state index contributed by atoms with van der Waals surface area (Å²) in [5, 5.41) is 0. The minimum Gasteiger partial charge on any atom is -0.497 e. The first-order valence-electron chi connectivity index (χ1n) is 10.9. The molecule has 0 fully saturated rings. The smallest absolute Gasteiger partial charge is 0.195 e. The number of carbonyl (C=O) groups excluding carboxylic acids is 1. The Morgan fingerprint density at radius 1 is 0.853 bits per heavy atom. The van der Waals surface area contributed by atoms with E-state index < -0.39 is 0 Å². The standard InChI is InChI=1S/C29H26O4S/c1-31-24-10-12-25(13-11-24)33-20-23-18-22(9-16-28(23)32-2)8-15-27(30)29-17-14-26(34-29)19-21-6-4-3-5-7-21/h3-18H,19-20H2,1-2H3/b15-8+. The maximum atomic E-state index is 12.7. The van der Waals surface area contributed by atoms with Crippen molar-refractivity contribution in [3.8, 4) is 17.2 Å². The molecule has 4 nitrogen and oxygen atoms in total. The van der Waals surface area contributed by atoms with E-state index in [2.05, 4.69) is 12.1 Å². The van der Waals surface area contributed by atoms with E-state index in [0.717, 1.165) is 39.7 Å². The van der Waals surface area contributed by atoms with Crippen LogP contribution in [0.4, 0.5) is 0 Å². The summed E-state index contributed by atoms with van der Waals surface area (Å²) in [6, 6.07) is 27.4. The molecule has 0 aliphatic rings. The second-order valence-electron chi connectivity index (χ2n) is 7.66. The molecule has 34 heavy (non-hydrogen) atoms. The molecule has 0 saturated carbocycles. The van der Waals surface area contributed by atoms with E-state index >= 15 is 0 Å². The fourth-order valence-electron chi connectivity index (χ4n) is 3.50. The van der Waals surface area contributed by atoms with E-state index in [1.165, 1.54) is 21.8 Å². The molecule has 0 aliphatic heterocycles. The topological polar surface area (TPSA) is 44.8 Å². The summed E-state index contributed by atoms with van der Waals surface area (Å²) < 4.78 is 16.6. The number of hydrogen-bond donors (Lipinski definition) is 0. The molecular formula is C29H26O4S. The van der Waals surface area contributed by atoms with Gasteiger partial charge in [0, 0.05) is 16.9 Å². The highest BCUT2D eigenvalue weighted by atomic mass is 32.1. The lowest BCUT2D eigenvalue weighted by Gasteiger charge is -2.11. The lowest BCUT2D eigenvalue weighted by molar-refractivity contribution is 0.105. The van der Waals surface area contributed by atoms with Gasteiger partial charge in [0.1, 0.15) is 23.9 Å². The second kappa shape index (κ2) is 11.3. The predicted octanol–water partition coefficient (Wildman–Crippen LogP) is 6.83. The molecule has 0 spiro atoms. The van der Waals surface area contributed by atoms with Crippen molar-refractivity contribution in [2.45, 2.75) is 13.0 Å². The van der Waals surface area contributed by atoms with Gasteiger partial charge in [-0.1, -0.05) is 42.5 Å². The Morgan fingerprint density at radius 2 is 1.62 bits per heavy atom. The predicted molar refractivity (Wildman–Crippen MR) is 137 cm³/mol. The molecule has 0 aliphatic carbocycles. The van der Waals surface area contributed by atoms with Crippen LogP contribution in [0.2, 0.25) is 0 Å². The SMILES string of the molecule is COc1ccc(OCc2cc(/C=C/C(=O)c3ccc(Cc4ccccc4)s3)ccc2OC)cc1. The van der Waals surface area contributed by atoms with Crippen molar-refractivity contribution in [3.05, 3.63) is 117 Å². The van der Waals surface area contributed by atoms with Gasteiger partial charge in [-0.2, -0.15) is 0 Å². The van der Waals surface area contributed by atoms with Gasteiger partial charge in [0.25, 0.3) is 0 Å². The van der Waals surface area contributed by atoms with Crippen molar-refractivity contribution in [1.82, 2.24) is 0 Å². The monoisotopic (exact) mass is 470 g/mol. The molecule has 0 saturated heterocycles. The van der Waals surface area contributed by atoms with Crippen molar-refractivity contribution >= 4 is 23.2 Å². The number of rotatable bonds is 10. The molecule has 0 radical (unpaired) electrons. The number of ketones is 1. The van der Waals surface area contributed by atoms with Gasteiger partial charge in [-0.05, 0) is 65.7 Å². The Balaban J connectivity index is 1.41. The molecular weight excluding hydrogens is 444 g/mol. The number of hydrogen-bond acceptors (Lipinski definition) is 5. The van der Waals surface area contributed by atoms with Gasteiger partial charge < -0.3 is 14.2 Å². The maximum absolute atomic E-state index is 12.7. The summed E-state index contributed by atoms with van der Waals surface area (Å²) in [5.74, 6) is 2.25. The van der Waals surface area contributed by atoms with Crippen molar-refractivity contribution in [2.24, 2.45) is 0 Å². The Bertz CT molecular complexity index is 1260. The molecule has 0 amide bonds. The van der Waals surface area contributed by atoms with Crippen LogP contribution in [-0.4, -0.2) is 20.0 Å². The molecule has 0 atom stereocenters. The minimum absolute atomic E-state index is 0.00355. The zero-order valence-electron chi connectivity index (χ0n) is 19.2. The van der Waals surface area contributed by atoms with Gasteiger partial charge in [-0.3, -0.25) is 4.79 Å². The number of methoxy groups -OCH3 is 2. The highest BCUT2D eigenvalue weighted by Crippen LogP contribution is 2.25. The second-order valence-corrected chi connectivity index (χ2v) is 8.83. The average molecular weight is 471 g/mol. The maximum Gasteiger partial charge on any atom is 0.195 e. The third-order valence-corrected chi connectivity index (χ3v) is 6.41. The molecule has 0 N–H and O–H groups in total. The number of thiophene rings is 1. The Kier molecular flexibility index (Phi) is 7.79. The summed E-state index contributed by atoms with van der Waals surface area (Å²) >= 11 is 1.54. The summed E-state index contributed by atoms with van der Waals surface area (Å²) in [7, 11) is 3.27. The van der Waals surface area contributed by atoms with E-state index in [-0.39, 0.29) is 5.78 Å². The van der Waals surface area contributed by atoms with Crippen molar-refractivity contribution in [1.29, 1.82) is 0 Å². The normalized spacial score (nSPS) is 10.9. The highest BCUT2D eigenvalue weighted by Gasteiger charge is 2.09. The van der Waals surface area contributed by atoms with Crippen LogP contribution < -0.4 is 14.2 Å². The molecule has 172 valence electrons. The van der Waals surface area contributed by atoms with Crippen LogP contribution in [0.15, 0.2) is 91.0 Å². The molecule has 0 bridgehead atoms. The van der Waals surface area contributed by atoms with Gasteiger partial charge in [-0.25, -0.2) is 0 Å². The number of allylic oxidation sites excluding steroid dienone is 1. The minimum atomic E-state index is -0.00355. The number of carbonyl (C=O) groups is 1. The lowest BCUT2D eigenvalue weighted by atomic mass is 10.1. The molecule has 4 rings (SSSR count). The quantitative estimate of drug-likeness (QED) is 0.188. The molecule has 0 unspecified atom stereocenters. The van der Waals surface area contributed by atoms with Crippen LogP contribution in [0, 0.1) is 0 Å². The van der Waals surface area contributed by atoms with Crippen molar-refractivity contribution in [2.75, 3.05) is 14.2 Å². The zero-order valence-corrected chi connectivity index (χ0v) is 20.0. The van der Waals surface area contributed by atoms with Crippen LogP contribution in [0.5, 0.6) is 17.2 Å². The van der Waals surface area contributed by atoms with Gasteiger partial charge >= 0.3 is 0 Å². The fourth-order valence-corrected chi connectivity index (χ4v) is 4.47. The first kappa shape index (κ1) is 23.3. The zero-order chi connectivity index (χ0) is 23.8. The van der Waals surface area contributed by atoms with Crippen molar-refractivity contribution < 1.29 is 19.0 Å². The van der Waals surface area contributed by atoms with Gasteiger partial charge in [0.05, 0.1) is 19.1 Å². The van der Waals surface area contributed by atoms with Gasteiger partial charge in [0.15, 0.2) is 5.78 Å². The van der Waals surface area contributed by atoms with E-state index in [9.17, 15) is 4.79 Å². The van der Waals surface area contributed by atoms with E-state index in [1.54, 1.807) is 20.3 Å². The Morgan fingerprint density at radius 3 is 2.35 bits per heavy atom. The largest absolute Gasteiger partial charge is 0.497 e. The number of ether oxygens (including phenoxy) is 3. The fraction of sp³-hybridized carbons (Fsp3) is 0.138. The molecule has 4 aromatic rings. The lowest BCUT2D eigenvalue weighted by Crippen LogP contribution is -1.99. The van der Waals surface area contributed by atoms with E-state index in [1.807, 2.05) is 78.9 Å². The van der Waals surface area contributed by atoms with Crippen LogP contribution >= 0.6 is 11.3 Å². The molecule has 1 heterocycles. The van der Waals surface area contributed by atoms with Crippen LogP contribution in [-0.2, 0) is 13.0 Å². The van der Waals surface area contributed by atoms with Crippen LogP contribution in [0.25, 0.3) is 6.08 Å². The third kappa shape index (κ3) is 6.15. The summed E-state index contributed by atoms with van der Waals surface area (Å²) in [6.45, 7) is 0.346. The summed E-state index contributed by atoms with van der Waals surface area (Å²) in [6.07, 6.45) is 4.28. The van der Waals surface area contributed by atoms with E-state index in [4.69, 9.17) is 14.2 Å². The van der Waals surface area contributed by atoms with Crippen molar-refractivity contribution in [3.63, 3.8) is 0 Å². The highest BCUT2D eigenvalue weighted by molar-refractivity contribution is 7.14. The Labute approximate surface area is 204 Å². The summed E-state index contributed by atoms with van der Waals surface area (Å²) in [5.41, 5.74) is 3.04. The van der Waals surface area contributed by atoms with Crippen LogP contribution in [0.1, 0.15) is 31.2 Å². The Hall–Kier alpha value is -3.83. The molecule has 1 aromatic heterocycles.